The van der Waals surface area contributed by atoms with E-state index in [4.69, 9.17) is 21.5 Å². The third-order valence-electron chi connectivity index (χ3n) is 4.59. The summed E-state index contributed by atoms with van der Waals surface area (Å²) >= 11 is 6.72. The van der Waals surface area contributed by atoms with E-state index in [0.717, 1.165) is 35.7 Å². The lowest BCUT2D eigenvalue weighted by molar-refractivity contribution is -0.192. The fraction of sp³-hybridized carbons (Fsp3) is 0.333. The molecule has 3 rings (SSSR count). The molecule has 3 N–H and O–H groups in total. The summed E-state index contributed by atoms with van der Waals surface area (Å²) in [4.78, 5) is 26.7. The van der Waals surface area contributed by atoms with Crippen LogP contribution in [0.2, 0.25) is 4.34 Å². The summed E-state index contributed by atoms with van der Waals surface area (Å²) in [7, 11) is -2.17. The largest absolute Gasteiger partial charge is 0.490 e. The zero-order chi connectivity index (χ0) is 28.8. The van der Waals surface area contributed by atoms with E-state index in [0.29, 0.717) is 10.9 Å². The zero-order valence-corrected chi connectivity index (χ0v) is 22.5. The van der Waals surface area contributed by atoms with Gasteiger partial charge in [0, 0.05) is 13.6 Å². The average Bonchev–Trinajstić information content (AvgIpc) is 3.39. The van der Waals surface area contributed by atoms with Crippen molar-refractivity contribution in [3.05, 3.63) is 51.7 Å². The van der Waals surface area contributed by atoms with Gasteiger partial charge in [0.2, 0.25) is 0 Å². The SMILES string of the molecule is CCCn1nc(C)cc1CN(C)c1ncc(NS(=O)(=O)c2ccc(Cl)s2)cc1C(=O)O.O=C(O)C(F)(F)F. The number of aryl methyl sites for hydroxylation is 2. The summed E-state index contributed by atoms with van der Waals surface area (Å²) in [5, 5.41) is 21.3. The van der Waals surface area contributed by atoms with Crippen molar-refractivity contribution in [1.29, 1.82) is 0 Å². The van der Waals surface area contributed by atoms with Gasteiger partial charge in [0.25, 0.3) is 10.0 Å². The smallest absolute Gasteiger partial charge is 0.478 e. The molecule has 0 radical (unpaired) electrons. The Morgan fingerprint density at radius 1 is 1.24 bits per heavy atom. The number of halogens is 4. The van der Waals surface area contributed by atoms with Gasteiger partial charge < -0.3 is 15.1 Å². The van der Waals surface area contributed by atoms with Crippen molar-refractivity contribution in [2.45, 2.75) is 43.7 Å². The molecule has 0 saturated carbocycles. The Morgan fingerprint density at radius 2 is 1.87 bits per heavy atom. The Morgan fingerprint density at radius 3 is 2.37 bits per heavy atom. The van der Waals surface area contributed by atoms with E-state index in [1.807, 2.05) is 17.7 Å². The fourth-order valence-electron chi connectivity index (χ4n) is 3.07. The lowest BCUT2D eigenvalue weighted by Gasteiger charge is -2.21. The Balaban J connectivity index is 0.000000638. The van der Waals surface area contributed by atoms with Gasteiger partial charge in [-0.2, -0.15) is 18.3 Å². The summed E-state index contributed by atoms with van der Waals surface area (Å²) in [6.45, 7) is 5.10. The number of rotatable bonds is 9. The molecule has 0 bridgehead atoms. The quantitative estimate of drug-likeness (QED) is 0.324. The molecular weight excluding hydrogens is 575 g/mol. The first-order chi connectivity index (χ1) is 17.5. The van der Waals surface area contributed by atoms with Crippen LogP contribution in [0, 0.1) is 6.92 Å². The Hall–Kier alpha value is -3.37. The van der Waals surface area contributed by atoms with Crippen LogP contribution < -0.4 is 9.62 Å². The van der Waals surface area contributed by atoms with Gasteiger partial charge in [-0.25, -0.2) is 23.0 Å². The summed E-state index contributed by atoms with van der Waals surface area (Å²) in [5.74, 6) is -3.75. The van der Waals surface area contributed by atoms with Crippen molar-refractivity contribution in [2.75, 3.05) is 16.7 Å². The third-order valence-corrected chi connectivity index (χ3v) is 7.69. The molecule has 0 spiro atoms. The normalized spacial score (nSPS) is 11.4. The van der Waals surface area contributed by atoms with Gasteiger partial charge in [0.05, 0.1) is 34.2 Å². The predicted octanol–water partition coefficient (Wildman–Crippen LogP) is 4.48. The number of nitrogens with one attached hydrogen (secondary N) is 1. The number of aromatic nitrogens is 3. The second-order valence-corrected chi connectivity index (χ2v) is 11.3. The van der Waals surface area contributed by atoms with Crippen LogP contribution in [0.3, 0.4) is 0 Å². The van der Waals surface area contributed by atoms with E-state index in [2.05, 4.69) is 21.7 Å². The lowest BCUT2D eigenvalue weighted by atomic mass is 10.2. The number of alkyl halides is 3. The number of nitrogens with zero attached hydrogens (tertiary/aromatic N) is 4. The van der Waals surface area contributed by atoms with Gasteiger partial charge in [-0.3, -0.25) is 9.40 Å². The van der Waals surface area contributed by atoms with Crippen LogP contribution in [0.1, 0.15) is 35.1 Å². The van der Waals surface area contributed by atoms with Gasteiger partial charge in [-0.1, -0.05) is 18.5 Å². The maximum atomic E-state index is 12.5. The first-order valence-corrected chi connectivity index (χ1v) is 13.3. The molecule has 0 unspecified atom stereocenters. The maximum Gasteiger partial charge on any atom is 0.490 e. The van der Waals surface area contributed by atoms with Crippen molar-refractivity contribution in [2.24, 2.45) is 0 Å². The van der Waals surface area contributed by atoms with Crippen molar-refractivity contribution in [1.82, 2.24) is 14.8 Å². The van der Waals surface area contributed by atoms with Crippen LogP contribution in [0.25, 0.3) is 0 Å². The monoisotopic (exact) mass is 597 g/mol. The number of aliphatic carboxylic acids is 1. The van der Waals surface area contributed by atoms with Crippen LogP contribution in [-0.4, -0.2) is 58.6 Å². The number of hydrogen-bond donors (Lipinski definition) is 3. The molecule has 0 aliphatic rings. The highest BCUT2D eigenvalue weighted by atomic mass is 35.5. The first kappa shape index (κ1) is 30.9. The van der Waals surface area contributed by atoms with Crippen molar-refractivity contribution in [3.63, 3.8) is 0 Å². The summed E-state index contributed by atoms with van der Waals surface area (Å²) in [6, 6.07) is 6.05. The van der Waals surface area contributed by atoms with E-state index < -0.39 is 28.1 Å². The second kappa shape index (κ2) is 12.4. The Labute approximate surface area is 224 Å². The lowest BCUT2D eigenvalue weighted by Crippen LogP contribution is -2.23. The number of carboxylic acids is 2. The molecular formula is C21H23ClF3N5O6S2. The summed E-state index contributed by atoms with van der Waals surface area (Å²) in [6.07, 6.45) is -2.87. The number of sulfonamides is 1. The fourth-order valence-corrected chi connectivity index (χ4v) is 5.59. The topological polar surface area (TPSA) is 155 Å². The maximum absolute atomic E-state index is 12.5. The molecule has 3 heterocycles. The molecule has 38 heavy (non-hydrogen) atoms. The van der Waals surface area contributed by atoms with Crippen molar-refractivity contribution in [3.8, 4) is 0 Å². The standard InChI is InChI=1S/C19H22ClN5O4S2.C2HF3O2/c1-4-7-25-14(8-12(2)22-25)11-24(3)18-15(19(26)27)9-13(10-21-18)23-31(28,29)17-6-5-16(20)30-17;3-2(4,5)1(6)7/h5-6,8-10,23H,4,7,11H2,1-3H3,(H,26,27);(H,6,7). The molecule has 0 aliphatic heterocycles. The molecule has 0 atom stereocenters. The van der Waals surface area contributed by atoms with E-state index >= 15 is 0 Å². The minimum Gasteiger partial charge on any atom is -0.478 e. The van der Waals surface area contributed by atoms with Gasteiger partial charge in [0.1, 0.15) is 15.6 Å². The van der Waals surface area contributed by atoms with Crippen LogP contribution in [-0.2, 0) is 27.9 Å². The van der Waals surface area contributed by atoms with Crippen LogP contribution >= 0.6 is 22.9 Å². The van der Waals surface area contributed by atoms with Gasteiger partial charge >= 0.3 is 18.1 Å². The molecule has 0 saturated heterocycles. The highest BCUT2D eigenvalue weighted by Crippen LogP contribution is 2.28. The average molecular weight is 598 g/mol. The summed E-state index contributed by atoms with van der Waals surface area (Å²) in [5.41, 5.74) is 1.73. The minimum atomic E-state index is -5.08. The molecule has 17 heteroatoms. The van der Waals surface area contributed by atoms with Gasteiger partial charge in [0.15, 0.2) is 0 Å². The molecule has 0 aliphatic carbocycles. The van der Waals surface area contributed by atoms with E-state index in [1.54, 1.807) is 11.9 Å². The number of anilines is 2. The highest BCUT2D eigenvalue weighted by Gasteiger charge is 2.38. The number of carboxylic acid groups (broad SMARTS) is 2. The van der Waals surface area contributed by atoms with Crippen LogP contribution in [0.5, 0.6) is 0 Å². The number of hydrogen-bond acceptors (Lipinski definition) is 8. The Kier molecular flexibility index (Phi) is 10.1. The van der Waals surface area contributed by atoms with E-state index in [-0.39, 0.29) is 21.3 Å². The number of carbonyl (C=O) groups is 2. The molecule has 0 amide bonds. The van der Waals surface area contributed by atoms with E-state index in [9.17, 15) is 31.5 Å². The second-order valence-electron chi connectivity index (χ2n) is 7.72. The van der Waals surface area contributed by atoms with E-state index in [1.165, 1.54) is 24.4 Å². The molecule has 208 valence electrons. The molecule has 11 nitrogen and oxygen atoms in total. The van der Waals surface area contributed by atoms with Crippen molar-refractivity contribution >= 4 is 56.4 Å². The highest BCUT2D eigenvalue weighted by molar-refractivity contribution is 7.94. The number of thiophene rings is 1. The third kappa shape index (κ3) is 8.32. The predicted molar refractivity (Wildman–Crippen MR) is 134 cm³/mol. The number of aromatic carboxylic acids is 1. The van der Waals surface area contributed by atoms with Crippen LogP contribution in [0.4, 0.5) is 24.7 Å². The molecule has 3 aromatic heterocycles. The molecule has 0 aromatic carbocycles. The molecule has 0 fully saturated rings. The first-order valence-electron chi connectivity index (χ1n) is 10.6. The van der Waals surface area contributed by atoms with Gasteiger partial charge in [-0.05, 0) is 37.6 Å². The minimum absolute atomic E-state index is 0.0233. The van der Waals surface area contributed by atoms with Crippen molar-refractivity contribution < 1.29 is 41.4 Å². The van der Waals surface area contributed by atoms with Crippen LogP contribution in [0.15, 0.2) is 34.7 Å². The molecule has 3 aromatic rings. The van der Waals surface area contributed by atoms with Gasteiger partial charge in [-0.15, -0.1) is 11.3 Å². The summed E-state index contributed by atoms with van der Waals surface area (Å²) < 4.78 is 61.3. The Bertz CT molecular complexity index is 1410. The number of pyridine rings is 1. The zero-order valence-electron chi connectivity index (χ0n) is 20.2.